The highest BCUT2D eigenvalue weighted by molar-refractivity contribution is 7.12. The number of hydrogen-bond donors (Lipinski definition) is 0. The maximum atomic E-state index is 13.0. The van der Waals surface area contributed by atoms with Gasteiger partial charge in [-0.3, -0.25) is 9.59 Å². The molecule has 0 saturated carbocycles. The highest BCUT2D eigenvalue weighted by atomic mass is 32.1. The second kappa shape index (κ2) is 7.80. The minimum Gasteiger partial charge on any atom is -0.336 e. The van der Waals surface area contributed by atoms with Crippen LogP contribution in [0.15, 0.2) is 41.8 Å². The lowest BCUT2D eigenvalue weighted by atomic mass is 10.1. The van der Waals surface area contributed by atoms with E-state index >= 15 is 0 Å². The summed E-state index contributed by atoms with van der Waals surface area (Å²) >= 11 is 1.41. The van der Waals surface area contributed by atoms with Gasteiger partial charge in [0, 0.05) is 33.2 Å². The Morgan fingerprint density at radius 2 is 1.80 bits per heavy atom. The van der Waals surface area contributed by atoms with E-state index in [-0.39, 0.29) is 11.8 Å². The fraction of sp³-hybridized carbons (Fsp3) is 0.368. The number of piperazine rings is 1. The van der Waals surface area contributed by atoms with Crippen LogP contribution in [0.4, 0.5) is 5.69 Å². The molecule has 0 bridgehead atoms. The van der Waals surface area contributed by atoms with Crippen LogP contribution in [0.25, 0.3) is 0 Å². The molecule has 1 aromatic heterocycles. The first-order valence-electron chi connectivity index (χ1n) is 8.54. The van der Waals surface area contributed by atoms with Crippen LogP contribution >= 0.6 is 11.3 Å². The number of rotatable bonds is 4. The van der Waals surface area contributed by atoms with Crippen molar-refractivity contribution in [2.45, 2.75) is 6.92 Å². The summed E-state index contributed by atoms with van der Waals surface area (Å²) in [4.78, 5) is 32.1. The minimum absolute atomic E-state index is 0.00261. The van der Waals surface area contributed by atoms with Gasteiger partial charge in [0.2, 0.25) is 0 Å². The Labute approximate surface area is 152 Å². The summed E-state index contributed by atoms with van der Waals surface area (Å²) in [6.45, 7) is 6.39. The van der Waals surface area contributed by atoms with Crippen LogP contribution in [-0.2, 0) is 0 Å². The fourth-order valence-electron chi connectivity index (χ4n) is 3.06. The van der Waals surface area contributed by atoms with Crippen molar-refractivity contribution in [2.24, 2.45) is 0 Å². The van der Waals surface area contributed by atoms with Crippen LogP contribution < -0.4 is 4.90 Å². The second-order valence-corrected chi connectivity index (χ2v) is 7.03. The van der Waals surface area contributed by atoms with Gasteiger partial charge in [-0.15, -0.1) is 11.3 Å². The molecule has 0 radical (unpaired) electrons. The van der Waals surface area contributed by atoms with Crippen molar-refractivity contribution in [3.63, 3.8) is 0 Å². The predicted molar refractivity (Wildman–Crippen MR) is 102 cm³/mol. The van der Waals surface area contributed by atoms with Crippen LogP contribution in [0.1, 0.15) is 27.0 Å². The number of para-hydroxylation sites is 1. The Morgan fingerprint density at radius 1 is 1.08 bits per heavy atom. The monoisotopic (exact) mass is 357 g/mol. The first-order chi connectivity index (χ1) is 12.1. The zero-order valence-corrected chi connectivity index (χ0v) is 15.5. The molecule has 5 nitrogen and oxygen atoms in total. The van der Waals surface area contributed by atoms with Crippen molar-refractivity contribution in [3.8, 4) is 0 Å². The molecule has 132 valence electrons. The van der Waals surface area contributed by atoms with Crippen LogP contribution in [0.3, 0.4) is 0 Å². The quantitative estimate of drug-likeness (QED) is 0.845. The zero-order valence-electron chi connectivity index (χ0n) is 14.6. The largest absolute Gasteiger partial charge is 0.336 e. The molecule has 2 amide bonds. The average Bonchev–Trinajstić information content (AvgIpc) is 3.21. The highest BCUT2D eigenvalue weighted by Crippen LogP contribution is 2.24. The lowest BCUT2D eigenvalue weighted by molar-refractivity contribution is 0.0644. The van der Waals surface area contributed by atoms with E-state index in [1.165, 1.54) is 11.3 Å². The predicted octanol–water partition coefficient (Wildman–Crippen LogP) is 2.80. The Bertz CT molecular complexity index is 737. The third-order valence-corrected chi connectivity index (χ3v) is 5.50. The van der Waals surface area contributed by atoms with Crippen LogP contribution in [0.5, 0.6) is 0 Å². The summed E-state index contributed by atoms with van der Waals surface area (Å²) in [6.07, 6.45) is 0. The summed E-state index contributed by atoms with van der Waals surface area (Å²) in [5, 5.41) is 1.88. The number of nitrogens with zero attached hydrogens (tertiary/aromatic N) is 3. The maximum Gasteiger partial charge on any atom is 0.268 e. The molecule has 0 aliphatic carbocycles. The van der Waals surface area contributed by atoms with E-state index in [1.54, 1.807) is 18.0 Å². The fourth-order valence-corrected chi connectivity index (χ4v) is 3.76. The van der Waals surface area contributed by atoms with Gasteiger partial charge in [-0.25, -0.2) is 0 Å². The molecule has 25 heavy (non-hydrogen) atoms. The molecule has 2 aromatic rings. The smallest absolute Gasteiger partial charge is 0.268 e. The van der Waals surface area contributed by atoms with E-state index in [0.29, 0.717) is 16.1 Å². The molecular weight excluding hydrogens is 334 g/mol. The summed E-state index contributed by atoms with van der Waals surface area (Å²) in [5.74, 6) is -0.0942. The molecule has 1 aliphatic rings. The van der Waals surface area contributed by atoms with Crippen molar-refractivity contribution in [2.75, 3.05) is 44.7 Å². The molecule has 0 unspecified atom stereocenters. The molecule has 6 heteroatoms. The minimum atomic E-state index is -0.0916. The van der Waals surface area contributed by atoms with Gasteiger partial charge in [0.1, 0.15) is 0 Å². The van der Waals surface area contributed by atoms with Gasteiger partial charge in [0.25, 0.3) is 11.8 Å². The van der Waals surface area contributed by atoms with Crippen molar-refractivity contribution in [1.29, 1.82) is 0 Å². The first kappa shape index (κ1) is 17.6. The molecule has 0 atom stereocenters. The number of thiophene rings is 1. The molecule has 3 rings (SSSR count). The Hall–Kier alpha value is -2.18. The Morgan fingerprint density at radius 3 is 2.44 bits per heavy atom. The zero-order chi connectivity index (χ0) is 17.8. The third kappa shape index (κ3) is 3.75. The van der Waals surface area contributed by atoms with Crippen LogP contribution in [0, 0.1) is 0 Å². The van der Waals surface area contributed by atoms with Crippen molar-refractivity contribution < 1.29 is 9.59 Å². The number of hydrogen-bond acceptors (Lipinski definition) is 4. The van der Waals surface area contributed by atoms with Crippen LogP contribution in [0.2, 0.25) is 0 Å². The Balaban J connectivity index is 1.81. The second-order valence-electron chi connectivity index (χ2n) is 6.09. The van der Waals surface area contributed by atoms with Crippen molar-refractivity contribution >= 4 is 28.8 Å². The van der Waals surface area contributed by atoms with Gasteiger partial charge in [0.15, 0.2) is 0 Å². The molecule has 2 heterocycles. The third-order valence-electron chi connectivity index (χ3n) is 4.64. The van der Waals surface area contributed by atoms with E-state index in [2.05, 4.69) is 11.8 Å². The number of likely N-dealkylation sites (N-methyl/N-ethyl adjacent to an activating group) is 1. The van der Waals surface area contributed by atoms with Gasteiger partial charge in [-0.1, -0.05) is 25.1 Å². The van der Waals surface area contributed by atoms with E-state index in [0.717, 1.165) is 32.7 Å². The van der Waals surface area contributed by atoms with Gasteiger partial charge < -0.3 is 14.7 Å². The molecule has 0 N–H and O–H groups in total. The summed E-state index contributed by atoms with van der Waals surface area (Å²) in [7, 11) is 1.73. The SMILES string of the molecule is CCN1CCN(C(=O)c2ccccc2N(C)C(=O)c2cccs2)CC1. The summed E-state index contributed by atoms with van der Waals surface area (Å²) in [5.41, 5.74) is 1.24. The molecule has 1 aliphatic heterocycles. The standard InChI is InChI=1S/C19H23N3O2S/c1-3-21-10-12-22(13-11-21)18(23)15-7-4-5-8-16(15)20(2)19(24)17-9-6-14-25-17/h4-9,14H,3,10-13H2,1-2H3. The number of benzene rings is 1. The molecular formula is C19H23N3O2S. The summed E-state index contributed by atoms with van der Waals surface area (Å²) in [6, 6.07) is 11.0. The van der Waals surface area contributed by atoms with Gasteiger partial charge in [-0.2, -0.15) is 0 Å². The molecule has 1 saturated heterocycles. The first-order valence-corrected chi connectivity index (χ1v) is 9.42. The summed E-state index contributed by atoms with van der Waals surface area (Å²) < 4.78 is 0. The maximum absolute atomic E-state index is 13.0. The highest BCUT2D eigenvalue weighted by Gasteiger charge is 2.25. The molecule has 1 fully saturated rings. The Kier molecular flexibility index (Phi) is 5.50. The number of carbonyl (C=O) groups is 2. The van der Waals surface area contributed by atoms with Crippen molar-refractivity contribution in [3.05, 3.63) is 52.2 Å². The topological polar surface area (TPSA) is 43.9 Å². The van der Waals surface area contributed by atoms with E-state index in [9.17, 15) is 9.59 Å². The molecule has 1 aromatic carbocycles. The lowest BCUT2D eigenvalue weighted by Gasteiger charge is -2.34. The molecule has 0 spiro atoms. The number of amides is 2. The van der Waals surface area contributed by atoms with E-state index in [4.69, 9.17) is 0 Å². The average molecular weight is 357 g/mol. The van der Waals surface area contributed by atoms with Gasteiger partial charge in [0.05, 0.1) is 16.1 Å². The number of anilines is 1. The number of carbonyl (C=O) groups excluding carboxylic acids is 2. The van der Waals surface area contributed by atoms with Crippen molar-refractivity contribution in [1.82, 2.24) is 9.80 Å². The van der Waals surface area contributed by atoms with Gasteiger partial charge in [-0.05, 0) is 30.1 Å². The van der Waals surface area contributed by atoms with Gasteiger partial charge >= 0.3 is 0 Å². The van der Waals surface area contributed by atoms with E-state index < -0.39 is 0 Å². The normalized spacial score (nSPS) is 15.2. The lowest BCUT2D eigenvalue weighted by Crippen LogP contribution is -2.48. The van der Waals surface area contributed by atoms with Crippen LogP contribution in [-0.4, -0.2) is 61.4 Å². The van der Waals surface area contributed by atoms with E-state index in [1.807, 2.05) is 40.6 Å².